The van der Waals surface area contributed by atoms with Crippen LogP contribution in [0.25, 0.3) is 0 Å². The van der Waals surface area contributed by atoms with E-state index in [9.17, 15) is 4.79 Å². The molecular formula is C12H16N2O2. The third-order valence-corrected chi connectivity index (χ3v) is 2.56. The van der Waals surface area contributed by atoms with Gasteiger partial charge in [0.25, 0.3) is 0 Å². The summed E-state index contributed by atoms with van der Waals surface area (Å²) in [6.45, 7) is 4.09. The number of hydrogen-bond donors (Lipinski definition) is 2. The Morgan fingerprint density at radius 1 is 1.50 bits per heavy atom. The molecule has 0 amide bonds. The second-order valence-electron chi connectivity index (χ2n) is 3.77. The van der Waals surface area contributed by atoms with E-state index in [1.54, 1.807) is 6.07 Å². The van der Waals surface area contributed by atoms with Crippen molar-refractivity contribution < 1.29 is 9.53 Å². The number of para-hydroxylation sites is 1. The molecule has 1 aromatic rings. The molecule has 1 aliphatic heterocycles. The van der Waals surface area contributed by atoms with Crippen LogP contribution in [0.1, 0.15) is 17.3 Å². The van der Waals surface area contributed by atoms with E-state index in [1.165, 1.54) is 0 Å². The zero-order chi connectivity index (χ0) is 11.4. The number of anilines is 1. The van der Waals surface area contributed by atoms with Crippen LogP contribution >= 0.6 is 0 Å². The van der Waals surface area contributed by atoms with Crippen LogP contribution in [-0.2, 0) is 4.74 Å². The fourth-order valence-electron chi connectivity index (χ4n) is 1.61. The largest absolute Gasteiger partial charge is 0.462 e. The highest BCUT2D eigenvalue weighted by atomic mass is 16.5. The number of carbonyl (C=O) groups is 1. The predicted octanol–water partition coefficient (Wildman–Crippen LogP) is 1.25. The van der Waals surface area contributed by atoms with Gasteiger partial charge in [-0.2, -0.15) is 0 Å². The Labute approximate surface area is 95.0 Å². The lowest BCUT2D eigenvalue weighted by Crippen LogP contribution is -2.51. The first-order valence-electron chi connectivity index (χ1n) is 5.54. The zero-order valence-corrected chi connectivity index (χ0v) is 9.32. The summed E-state index contributed by atoms with van der Waals surface area (Å²) >= 11 is 0. The summed E-state index contributed by atoms with van der Waals surface area (Å²) in [5.74, 6) is -0.266. The molecule has 1 aromatic carbocycles. The molecule has 0 bridgehead atoms. The molecule has 0 saturated carbocycles. The van der Waals surface area contributed by atoms with Crippen LogP contribution in [0.5, 0.6) is 0 Å². The molecule has 4 heteroatoms. The van der Waals surface area contributed by atoms with Crippen molar-refractivity contribution in [1.29, 1.82) is 0 Å². The Morgan fingerprint density at radius 3 is 2.88 bits per heavy atom. The van der Waals surface area contributed by atoms with Crippen molar-refractivity contribution >= 4 is 11.7 Å². The number of hydrogen-bond acceptors (Lipinski definition) is 4. The van der Waals surface area contributed by atoms with Crippen molar-refractivity contribution in [3.8, 4) is 0 Å². The molecule has 86 valence electrons. The van der Waals surface area contributed by atoms with Crippen molar-refractivity contribution in [3.63, 3.8) is 0 Å². The van der Waals surface area contributed by atoms with Gasteiger partial charge in [0.2, 0.25) is 0 Å². The molecule has 0 unspecified atom stereocenters. The van der Waals surface area contributed by atoms with E-state index >= 15 is 0 Å². The highest BCUT2D eigenvalue weighted by molar-refractivity contribution is 5.95. The molecule has 2 rings (SSSR count). The molecule has 4 nitrogen and oxygen atoms in total. The minimum Gasteiger partial charge on any atom is -0.462 e. The molecule has 1 fully saturated rings. The van der Waals surface area contributed by atoms with Crippen LogP contribution in [0.15, 0.2) is 24.3 Å². The van der Waals surface area contributed by atoms with Crippen LogP contribution in [0.3, 0.4) is 0 Å². The van der Waals surface area contributed by atoms with Crippen LogP contribution in [0.4, 0.5) is 5.69 Å². The predicted molar refractivity (Wildman–Crippen MR) is 62.7 cm³/mol. The van der Waals surface area contributed by atoms with Gasteiger partial charge in [-0.3, -0.25) is 0 Å². The third-order valence-electron chi connectivity index (χ3n) is 2.56. The van der Waals surface area contributed by atoms with Gasteiger partial charge < -0.3 is 15.4 Å². The van der Waals surface area contributed by atoms with Gasteiger partial charge in [0.05, 0.1) is 18.2 Å². The van der Waals surface area contributed by atoms with Gasteiger partial charge in [0.15, 0.2) is 0 Å². The third kappa shape index (κ3) is 2.33. The molecule has 16 heavy (non-hydrogen) atoms. The lowest BCUT2D eigenvalue weighted by molar-refractivity contribution is 0.0527. The summed E-state index contributed by atoms with van der Waals surface area (Å²) < 4.78 is 5.01. The van der Waals surface area contributed by atoms with Crippen molar-refractivity contribution in [2.45, 2.75) is 13.0 Å². The van der Waals surface area contributed by atoms with E-state index in [0.29, 0.717) is 18.2 Å². The molecule has 1 saturated heterocycles. The van der Waals surface area contributed by atoms with Gasteiger partial charge in [-0.1, -0.05) is 12.1 Å². The molecular weight excluding hydrogens is 204 g/mol. The minimum atomic E-state index is -0.266. The standard InChI is InChI=1S/C12H16N2O2/c1-2-16-12(15)10-5-3-4-6-11(10)14-9-7-13-8-9/h3-6,9,13-14H,2,7-8H2,1H3. The second-order valence-corrected chi connectivity index (χ2v) is 3.77. The first kappa shape index (κ1) is 11.0. The molecule has 1 aliphatic rings. The number of nitrogens with one attached hydrogen (secondary N) is 2. The minimum absolute atomic E-state index is 0.266. The van der Waals surface area contributed by atoms with Gasteiger partial charge in [0, 0.05) is 18.8 Å². The first-order chi connectivity index (χ1) is 7.81. The van der Waals surface area contributed by atoms with E-state index < -0.39 is 0 Å². The highest BCUT2D eigenvalue weighted by Crippen LogP contribution is 2.18. The van der Waals surface area contributed by atoms with Crippen molar-refractivity contribution in [2.75, 3.05) is 25.0 Å². The Hall–Kier alpha value is -1.55. The maximum absolute atomic E-state index is 11.7. The van der Waals surface area contributed by atoms with Crippen molar-refractivity contribution in [1.82, 2.24) is 5.32 Å². The average Bonchev–Trinajstić information content (AvgIpc) is 2.24. The molecule has 1 heterocycles. The van der Waals surface area contributed by atoms with Gasteiger partial charge in [-0.15, -0.1) is 0 Å². The maximum Gasteiger partial charge on any atom is 0.340 e. The van der Waals surface area contributed by atoms with Crippen molar-refractivity contribution in [2.24, 2.45) is 0 Å². The van der Waals surface area contributed by atoms with Gasteiger partial charge in [-0.25, -0.2) is 4.79 Å². The van der Waals surface area contributed by atoms with Crippen LogP contribution in [0.2, 0.25) is 0 Å². The number of ether oxygens (including phenoxy) is 1. The smallest absolute Gasteiger partial charge is 0.340 e. The lowest BCUT2D eigenvalue weighted by atomic mass is 10.1. The van der Waals surface area contributed by atoms with Crippen LogP contribution < -0.4 is 10.6 Å². The van der Waals surface area contributed by atoms with Gasteiger partial charge in [0.1, 0.15) is 0 Å². The lowest BCUT2D eigenvalue weighted by Gasteiger charge is -2.29. The first-order valence-corrected chi connectivity index (χ1v) is 5.54. The summed E-state index contributed by atoms with van der Waals surface area (Å²) in [5, 5.41) is 6.50. The SMILES string of the molecule is CCOC(=O)c1ccccc1NC1CNC1. The van der Waals surface area contributed by atoms with E-state index in [2.05, 4.69) is 10.6 Å². The Kier molecular flexibility index (Phi) is 3.41. The summed E-state index contributed by atoms with van der Waals surface area (Å²) in [5.41, 5.74) is 1.46. The van der Waals surface area contributed by atoms with Crippen molar-refractivity contribution in [3.05, 3.63) is 29.8 Å². The normalized spacial score (nSPS) is 15.3. The average molecular weight is 220 g/mol. The van der Waals surface area contributed by atoms with Gasteiger partial charge in [-0.05, 0) is 19.1 Å². The number of benzene rings is 1. The van der Waals surface area contributed by atoms with Crippen LogP contribution in [0, 0.1) is 0 Å². The van der Waals surface area contributed by atoms with E-state index in [1.807, 2.05) is 25.1 Å². The fraction of sp³-hybridized carbons (Fsp3) is 0.417. The summed E-state index contributed by atoms with van der Waals surface area (Å²) in [6, 6.07) is 7.86. The van der Waals surface area contributed by atoms with Gasteiger partial charge >= 0.3 is 5.97 Å². The molecule has 0 aliphatic carbocycles. The molecule has 0 spiro atoms. The summed E-state index contributed by atoms with van der Waals surface area (Å²) in [4.78, 5) is 11.7. The number of carbonyl (C=O) groups excluding carboxylic acids is 1. The topological polar surface area (TPSA) is 50.4 Å². The molecule has 2 N–H and O–H groups in total. The van der Waals surface area contributed by atoms with E-state index in [4.69, 9.17) is 4.74 Å². The quantitative estimate of drug-likeness (QED) is 0.750. The summed E-state index contributed by atoms with van der Waals surface area (Å²) in [7, 11) is 0. The Morgan fingerprint density at radius 2 is 2.25 bits per heavy atom. The molecule has 0 radical (unpaired) electrons. The number of rotatable bonds is 4. The number of esters is 1. The highest BCUT2D eigenvalue weighted by Gasteiger charge is 2.19. The zero-order valence-electron chi connectivity index (χ0n) is 9.32. The fourth-order valence-corrected chi connectivity index (χ4v) is 1.61. The van der Waals surface area contributed by atoms with E-state index in [0.717, 1.165) is 18.8 Å². The maximum atomic E-state index is 11.7. The molecule has 0 aromatic heterocycles. The van der Waals surface area contributed by atoms with E-state index in [-0.39, 0.29) is 5.97 Å². The Bertz CT molecular complexity index is 375. The monoisotopic (exact) mass is 220 g/mol. The Balaban J connectivity index is 2.12. The summed E-state index contributed by atoms with van der Waals surface area (Å²) in [6.07, 6.45) is 0. The van der Waals surface area contributed by atoms with Crippen LogP contribution in [-0.4, -0.2) is 31.7 Å². The second kappa shape index (κ2) is 4.99. The molecule has 0 atom stereocenters.